The lowest BCUT2D eigenvalue weighted by Crippen LogP contribution is -2.07. The number of methoxy groups -OCH3 is 1. The van der Waals surface area contributed by atoms with Crippen molar-refractivity contribution in [3.63, 3.8) is 0 Å². The fraction of sp³-hybridized carbons (Fsp3) is 0.444. The van der Waals surface area contributed by atoms with Gasteiger partial charge in [-0.15, -0.1) is 0 Å². The maximum Gasteiger partial charge on any atom is 0.245 e. The van der Waals surface area contributed by atoms with Gasteiger partial charge in [-0.2, -0.15) is 9.97 Å². The molecule has 2 N–H and O–H groups in total. The van der Waals surface area contributed by atoms with Crippen molar-refractivity contribution >= 4 is 17.1 Å². The van der Waals surface area contributed by atoms with E-state index < -0.39 is 0 Å². The topological polar surface area (TPSA) is 85.0 Å². The van der Waals surface area contributed by atoms with Crippen LogP contribution in [0.1, 0.15) is 0 Å². The number of aromatic nitrogens is 4. The number of anilines is 1. The largest absolute Gasteiger partial charge is 0.474 e. The van der Waals surface area contributed by atoms with Crippen LogP contribution in [0.5, 0.6) is 5.88 Å². The molecule has 0 aliphatic rings. The van der Waals surface area contributed by atoms with E-state index in [1.54, 1.807) is 20.5 Å². The van der Waals surface area contributed by atoms with Crippen molar-refractivity contribution < 1.29 is 9.47 Å². The van der Waals surface area contributed by atoms with Crippen LogP contribution in [0.15, 0.2) is 6.33 Å². The van der Waals surface area contributed by atoms with Gasteiger partial charge in [-0.1, -0.05) is 0 Å². The zero-order valence-electron chi connectivity index (χ0n) is 9.15. The van der Waals surface area contributed by atoms with Gasteiger partial charge in [-0.05, 0) is 0 Å². The molecular formula is C9H13N5O2. The molecule has 0 aromatic carbocycles. The highest BCUT2D eigenvalue weighted by molar-refractivity contribution is 5.76. The van der Waals surface area contributed by atoms with Crippen molar-refractivity contribution in [2.24, 2.45) is 0 Å². The van der Waals surface area contributed by atoms with E-state index in [0.717, 1.165) is 0 Å². The van der Waals surface area contributed by atoms with Crippen LogP contribution in [0.3, 0.4) is 0 Å². The molecule has 0 atom stereocenters. The quantitative estimate of drug-likeness (QED) is 0.714. The third-order valence-corrected chi connectivity index (χ3v) is 2.00. The van der Waals surface area contributed by atoms with Gasteiger partial charge >= 0.3 is 0 Å². The zero-order valence-corrected chi connectivity index (χ0v) is 9.15. The Hall–Kier alpha value is -1.89. The van der Waals surface area contributed by atoms with Crippen LogP contribution in [0, 0.1) is 0 Å². The summed E-state index contributed by atoms with van der Waals surface area (Å²) in [4.78, 5) is 15.4. The molecule has 0 saturated heterocycles. The Labute approximate surface area is 92.2 Å². The summed E-state index contributed by atoms with van der Waals surface area (Å²) in [5.74, 6) is 0.955. The van der Waals surface area contributed by atoms with Crippen LogP contribution in [0.4, 0.5) is 5.95 Å². The highest BCUT2D eigenvalue weighted by atomic mass is 16.5. The molecule has 2 heterocycles. The van der Waals surface area contributed by atoms with E-state index in [2.05, 4.69) is 25.3 Å². The second-order valence-corrected chi connectivity index (χ2v) is 3.04. The SMILES string of the molecule is CNc1nc(OCCOC)c2[nH]cnc2n1. The van der Waals surface area contributed by atoms with Crippen molar-refractivity contribution in [3.8, 4) is 5.88 Å². The summed E-state index contributed by atoms with van der Waals surface area (Å²) in [6.07, 6.45) is 1.56. The lowest BCUT2D eigenvalue weighted by Gasteiger charge is -2.06. The molecule has 0 fully saturated rings. The summed E-state index contributed by atoms with van der Waals surface area (Å²) in [5.41, 5.74) is 1.27. The Kier molecular flexibility index (Phi) is 3.16. The van der Waals surface area contributed by atoms with Gasteiger partial charge in [0.1, 0.15) is 12.1 Å². The third kappa shape index (κ3) is 2.03. The summed E-state index contributed by atoms with van der Waals surface area (Å²) in [6, 6.07) is 0. The van der Waals surface area contributed by atoms with E-state index >= 15 is 0 Å². The van der Waals surface area contributed by atoms with Gasteiger partial charge in [-0.25, -0.2) is 4.98 Å². The number of nitrogens with zero attached hydrogens (tertiary/aromatic N) is 3. The molecule has 0 radical (unpaired) electrons. The minimum Gasteiger partial charge on any atom is -0.474 e. The fourth-order valence-corrected chi connectivity index (χ4v) is 1.24. The number of ether oxygens (including phenoxy) is 2. The second kappa shape index (κ2) is 4.75. The van der Waals surface area contributed by atoms with Crippen molar-refractivity contribution in [1.29, 1.82) is 0 Å². The monoisotopic (exact) mass is 223 g/mol. The number of hydrogen-bond acceptors (Lipinski definition) is 6. The van der Waals surface area contributed by atoms with Crippen molar-refractivity contribution in [2.45, 2.75) is 0 Å². The minimum atomic E-state index is 0.435. The smallest absolute Gasteiger partial charge is 0.245 e. The van der Waals surface area contributed by atoms with E-state index in [4.69, 9.17) is 9.47 Å². The highest BCUT2D eigenvalue weighted by Gasteiger charge is 2.09. The summed E-state index contributed by atoms with van der Waals surface area (Å²) in [6.45, 7) is 0.944. The van der Waals surface area contributed by atoms with Crippen LogP contribution in [-0.2, 0) is 4.74 Å². The minimum absolute atomic E-state index is 0.435. The third-order valence-electron chi connectivity index (χ3n) is 2.00. The first-order valence-corrected chi connectivity index (χ1v) is 4.85. The van der Waals surface area contributed by atoms with E-state index in [-0.39, 0.29) is 0 Å². The first kappa shape index (κ1) is 10.6. The molecule has 0 spiro atoms. The Bertz CT molecular complexity index is 470. The van der Waals surface area contributed by atoms with Crippen molar-refractivity contribution in [2.75, 3.05) is 32.7 Å². The molecule has 0 aliphatic carbocycles. The van der Waals surface area contributed by atoms with E-state index in [0.29, 0.717) is 36.2 Å². The molecule has 16 heavy (non-hydrogen) atoms. The van der Waals surface area contributed by atoms with Crippen LogP contribution < -0.4 is 10.1 Å². The van der Waals surface area contributed by atoms with Crippen molar-refractivity contribution in [3.05, 3.63) is 6.33 Å². The van der Waals surface area contributed by atoms with Gasteiger partial charge in [0, 0.05) is 14.2 Å². The van der Waals surface area contributed by atoms with Gasteiger partial charge in [0.2, 0.25) is 11.8 Å². The molecule has 2 aromatic heterocycles. The van der Waals surface area contributed by atoms with Gasteiger partial charge in [0.15, 0.2) is 5.65 Å². The van der Waals surface area contributed by atoms with Crippen LogP contribution in [0.2, 0.25) is 0 Å². The van der Waals surface area contributed by atoms with E-state index in [1.807, 2.05) is 0 Å². The lowest BCUT2D eigenvalue weighted by molar-refractivity contribution is 0.144. The first-order chi connectivity index (χ1) is 7.85. The number of nitrogens with one attached hydrogen (secondary N) is 2. The molecule has 7 nitrogen and oxygen atoms in total. The Morgan fingerprint density at radius 2 is 2.25 bits per heavy atom. The van der Waals surface area contributed by atoms with Crippen LogP contribution in [0.25, 0.3) is 11.2 Å². The summed E-state index contributed by atoms with van der Waals surface area (Å²) in [5, 5.41) is 2.85. The number of hydrogen-bond donors (Lipinski definition) is 2. The molecule has 2 aromatic rings. The fourth-order valence-electron chi connectivity index (χ4n) is 1.24. The number of imidazole rings is 1. The van der Waals surface area contributed by atoms with Gasteiger partial charge in [-0.3, -0.25) is 0 Å². The van der Waals surface area contributed by atoms with E-state index in [9.17, 15) is 0 Å². The number of fused-ring (bicyclic) bond motifs is 1. The molecule has 0 bridgehead atoms. The molecule has 0 aliphatic heterocycles. The predicted molar refractivity (Wildman–Crippen MR) is 58.6 cm³/mol. The van der Waals surface area contributed by atoms with Gasteiger partial charge in [0.05, 0.1) is 12.9 Å². The molecule has 7 heteroatoms. The zero-order chi connectivity index (χ0) is 11.4. The Morgan fingerprint density at radius 1 is 1.38 bits per heavy atom. The molecular weight excluding hydrogens is 210 g/mol. The Balaban J connectivity index is 2.29. The maximum atomic E-state index is 5.47. The summed E-state index contributed by atoms with van der Waals surface area (Å²) in [7, 11) is 3.36. The second-order valence-electron chi connectivity index (χ2n) is 3.04. The maximum absolute atomic E-state index is 5.47. The predicted octanol–water partition coefficient (Wildman–Crippen LogP) is 0.420. The van der Waals surface area contributed by atoms with E-state index in [1.165, 1.54) is 0 Å². The number of aromatic amines is 1. The average molecular weight is 223 g/mol. The first-order valence-electron chi connectivity index (χ1n) is 4.85. The van der Waals surface area contributed by atoms with Crippen LogP contribution in [-0.4, -0.2) is 47.3 Å². The Morgan fingerprint density at radius 3 is 3.00 bits per heavy atom. The normalized spacial score (nSPS) is 10.6. The highest BCUT2D eigenvalue weighted by Crippen LogP contribution is 2.20. The molecule has 86 valence electrons. The van der Waals surface area contributed by atoms with Gasteiger partial charge < -0.3 is 19.8 Å². The summed E-state index contributed by atoms with van der Waals surface area (Å²) < 4.78 is 10.4. The lowest BCUT2D eigenvalue weighted by atomic mass is 10.5. The summed E-state index contributed by atoms with van der Waals surface area (Å²) >= 11 is 0. The molecule has 2 rings (SSSR count). The standard InChI is InChI=1S/C9H13N5O2/c1-10-9-13-7-6(11-5-12-7)8(14-9)16-4-3-15-2/h5H,3-4H2,1-2H3,(H2,10,11,12,13,14). The average Bonchev–Trinajstić information content (AvgIpc) is 2.77. The number of H-pyrrole nitrogens is 1. The van der Waals surface area contributed by atoms with Crippen LogP contribution >= 0.6 is 0 Å². The molecule has 0 unspecified atom stereocenters. The number of rotatable bonds is 5. The molecule has 0 saturated carbocycles. The van der Waals surface area contributed by atoms with Gasteiger partial charge in [0.25, 0.3) is 0 Å². The molecule has 0 amide bonds. The van der Waals surface area contributed by atoms with Crippen molar-refractivity contribution in [1.82, 2.24) is 19.9 Å².